The summed E-state index contributed by atoms with van der Waals surface area (Å²) in [7, 11) is 3.20. The van der Waals surface area contributed by atoms with Gasteiger partial charge in [0.25, 0.3) is 0 Å². The fraction of sp³-hybridized carbons (Fsp3) is 0.600. The van der Waals surface area contributed by atoms with Crippen molar-refractivity contribution >= 4 is 5.78 Å². The first-order valence-electron chi connectivity index (χ1n) is 6.84. The van der Waals surface area contributed by atoms with Gasteiger partial charge < -0.3 is 9.47 Å². The molecule has 0 radical (unpaired) electrons. The van der Waals surface area contributed by atoms with Crippen molar-refractivity contribution < 1.29 is 14.3 Å². The number of hydrogen-bond donors (Lipinski definition) is 0. The lowest BCUT2D eigenvalue weighted by atomic mass is 9.98. The van der Waals surface area contributed by atoms with Crippen LogP contribution in [0.4, 0.5) is 0 Å². The summed E-state index contributed by atoms with van der Waals surface area (Å²) in [6.07, 6.45) is 7.35. The molecular weight excluding hydrogens is 242 g/mol. The lowest BCUT2D eigenvalue weighted by Crippen LogP contribution is -2.12. The Kier molecular flexibility index (Phi) is 4.77. The predicted octanol–water partition coefficient (Wildman–Crippen LogP) is 2.79. The van der Waals surface area contributed by atoms with Crippen LogP contribution in [0, 0.1) is 5.92 Å². The summed E-state index contributed by atoms with van der Waals surface area (Å²) in [5.74, 6) is 1.95. The zero-order chi connectivity index (χ0) is 13.7. The van der Waals surface area contributed by atoms with Crippen molar-refractivity contribution in [2.75, 3.05) is 14.2 Å². The van der Waals surface area contributed by atoms with Crippen LogP contribution in [-0.4, -0.2) is 25.0 Å². The number of Topliss-reactive ketones (excluding diaryl/α,β-unsaturated/α-hetero) is 1. The average molecular weight is 263 g/mol. The van der Waals surface area contributed by atoms with Gasteiger partial charge in [-0.3, -0.25) is 9.78 Å². The van der Waals surface area contributed by atoms with Crippen LogP contribution in [-0.2, 0) is 11.2 Å². The van der Waals surface area contributed by atoms with Gasteiger partial charge in [-0.1, -0.05) is 12.8 Å². The normalized spacial score (nSPS) is 15.5. The van der Waals surface area contributed by atoms with E-state index in [-0.39, 0.29) is 5.92 Å². The minimum Gasteiger partial charge on any atom is -0.493 e. The van der Waals surface area contributed by atoms with Crippen LogP contribution in [0.5, 0.6) is 11.5 Å². The molecule has 19 heavy (non-hydrogen) atoms. The zero-order valence-corrected chi connectivity index (χ0v) is 11.6. The number of rotatable bonds is 6. The Bertz CT molecular complexity index is 439. The van der Waals surface area contributed by atoms with Gasteiger partial charge in [-0.05, 0) is 12.8 Å². The fourth-order valence-corrected chi connectivity index (χ4v) is 2.72. The van der Waals surface area contributed by atoms with Crippen LogP contribution in [0.1, 0.15) is 37.8 Å². The molecule has 1 aromatic heterocycles. The predicted molar refractivity (Wildman–Crippen MR) is 72.6 cm³/mol. The van der Waals surface area contributed by atoms with Crippen LogP contribution in [0.2, 0.25) is 0 Å². The van der Waals surface area contributed by atoms with Crippen LogP contribution in [0.3, 0.4) is 0 Å². The molecule has 0 bridgehead atoms. The Balaban J connectivity index is 2.00. The summed E-state index contributed by atoms with van der Waals surface area (Å²) < 4.78 is 10.6. The second-order valence-electron chi connectivity index (χ2n) is 4.94. The topological polar surface area (TPSA) is 48.4 Å². The van der Waals surface area contributed by atoms with E-state index in [2.05, 4.69) is 4.98 Å². The van der Waals surface area contributed by atoms with Gasteiger partial charge >= 0.3 is 0 Å². The number of hydrogen-bond acceptors (Lipinski definition) is 4. The summed E-state index contributed by atoms with van der Waals surface area (Å²) >= 11 is 0. The molecule has 0 aromatic carbocycles. The van der Waals surface area contributed by atoms with E-state index in [9.17, 15) is 4.79 Å². The molecule has 0 unspecified atom stereocenters. The van der Waals surface area contributed by atoms with Gasteiger partial charge in [0.2, 0.25) is 0 Å². The van der Waals surface area contributed by atoms with Crippen molar-refractivity contribution in [2.45, 2.75) is 38.5 Å². The lowest BCUT2D eigenvalue weighted by molar-refractivity contribution is -0.122. The molecule has 104 valence electrons. The molecule has 0 aliphatic heterocycles. The first-order valence-corrected chi connectivity index (χ1v) is 6.84. The quantitative estimate of drug-likeness (QED) is 0.792. The smallest absolute Gasteiger partial charge is 0.182 e. The van der Waals surface area contributed by atoms with Crippen molar-refractivity contribution in [3.8, 4) is 11.5 Å². The van der Waals surface area contributed by atoms with E-state index < -0.39 is 0 Å². The van der Waals surface area contributed by atoms with E-state index in [1.807, 2.05) is 0 Å². The van der Waals surface area contributed by atoms with Crippen LogP contribution < -0.4 is 9.47 Å². The number of aromatic nitrogens is 1. The van der Waals surface area contributed by atoms with E-state index in [0.29, 0.717) is 30.1 Å². The Morgan fingerprint density at radius 2 is 2.05 bits per heavy atom. The number of carbonyl (C=O) groups excluding carboxylic acids is 1. The molecule has 4 heteroatoms. The molecule has 1 heterocycles. The van der Waals surface area contributed by atoms with Gasteiger partial charge in [0.15, 0.2) is 11.5 Å². The first kappa shape index (κ1) is 13.8. The van der Waals surface area contributed by atoms with Gasteiger partial charge in [-0.25, -0.2) is 0 Å². The molecule has 0 spiro atoms. The zero-order valence-electron chi connectivity index (χ0n) is 11.6. The number of nitrogens with zero attached hydrogens (tertiary/aromatic N) is 1. The summed E-state index contributed by atoms with van der Waals surface area (Å²) in [6, 6.07) is 1.77. The molecular formula is C15H21NO3. The monoisotopic (exact) mass is 263 g/mol. The number of ketones is 1. The average Bonchev–Trinajstić information content (AvgIpc) is 2.98. The molecule has 1 aromatic rings. The van der Waals surface area contributed by atoms with Crippen molar-refractivity contribution in [3.63, 3.8) is 0 Å². The van der Waals surface area contributed by atoms with Gasteiger partial charge in [0.05, 0.1) is 19.9 Å². The van der Waals surface area contributed by atoms with Crippen LogP contribution in [0.15, 0.2) is 12.3 Å². The van der Waals surface area contributed by atoms with E-state index in [1.54, 1.807) is 26.5 Å². The van der Waals surface area contributed by atoms with E-state index in [4.69, 9.17) is 9.47 Å². The molecule has 4 nitrogen and oxygen atoms in total. The SMILES string of the molecule is COc1ccnc(CCC(=O)C2CCCC2)c1OC. The van der Waals surface area contributed by atoms with Gasteiger partial charge in [-0.2, -0.15) is 0 Å². The Labute approximate surface area is 114 Å². The Morgan fingerprint density at radius 3 is 2.68 bits per heavy atom. The maximum atomic E-state index is 12.1. The minimum atomic E-state index is 0.275. The molecule has 1 fully saturated rings. The highest BCUT2D eigenvalue weighted by Gasteiger charge is 2.23. The van der Waals surface area contributed by atoms with Crippen molar-refractivity contribution in [1.82, 2.24) is 4.98 Å². The lowest BCUT2D eigenvalue weighted by Gasteiger charge is -2.12. The highest BCUT2D eigenvalue weighted by molar-refractivity contribution is 5.81. The maximum Gasteiger partial charge on any atom is 0.182 e. The van der Waals surface area contributed by atoms with E-state index >= 15 is 0 Å². The summed E-state index contributed by atoms with van der Waals surface area (Å²) in [5.41, 5.74) is 0.799. The molecule has 0 atom stereocenters. The number of aryl methyl sites for hydroxylation is 1. The molecule has 1 aliphatic rings. The molecule has 0 amide bonds. The van der Waals surface area contributed by atoms with Crippen molar-refractivity contribution in [3.05, 3.63) is 18.0 Å². The van der Waals surface area contributed by atoms with Gasteiger partial charge in [0.1, 0.15) is 5.78 Å². The molecule has 0 N–H and O–H groups in total. The van der Waals surface area contributed by atoms with Crippen molar-refractivity contribution in [1.29, 1.82) is 0 Å². The summed E-state index contributed by atoms with van der Waals surface area (Å²) in [5, 5.41) is 0. The number of methoxy groups -OCH3 is 2. The van der Waals surface area contributed by atoms with E-state index in [0.717, 1.165) is 18.5 Å². The third-order valence-corrected chi connectivity index (χ3v) is 3.78. The maximum absolute atomic E-state index is 12.1. The summed E-state index contributed by atoms with van der Waals surface area (Å²) in [6.45, 7) is 0. The highest BCUT2D eigenvalue weighted by atomic mass is 16.5. The largest absolute Gasteiger partial charge is 0.493 e. The second-order valence-corrected chi connectivity index (χ2v) is 4.94. The highest BCUT2D eigenvalue weighted by Crippen LogP contribution is 2.31. The number of pyridine rings is 1. The molecule has 2 rings (SSSR count). The Morgan fingerprint density at radius 1 is 1.32 bits per heavy atom. The third kappa shape index (κ3) is 3.25. The van der Waals surface area contributed by atoms with Crippen LogP contribution >= 0.6 is 0 Å². The number of carbonyl (C=O) groups is 1. The standard InChI is InChI=1S/C15H21NO3/c1-18-14-9-10-16-12(15(14)19-2)7-8-13(17)11-5-3-4-6-11/h9-11H,3-8H2,1-2H3. The van der Waals surface area contributed by atoms with Gasteiger partial charge in [-0.15, -0.1) is 0 Å². The third-order valence-electron chi connectivity index (χ3n) is 3.78. The first-order chi connectivity index (χ1) is 9.26. The number of ether oxygens (including phenoxy) is 2. The Hall–Kier alpha value is -1.58. The van der Waals surface area contributed by atoms with Crippen LogP contribution in [0.25, 0.3) is 0 Å². The summed E-state index contributed by atoms with van der Waals surface area (Å²) in [4.78, 5) is 16.4. The van der Waals surface area contributed by atoms with Crippen molar-refractivity contribution in [2.24, 2.45) is 5.92 Å². The van der Waals surface area contributed by atoms with Gasteiger partial charge in [0, 0.05) is 31.0 Å². The fourth-order valence-electron chi connectivity index (χ4n) is 2.72. The van der Waals surface area contributed by atoms with E-state index in [1.165, 1.54) is 12.8 Å². The molecule has 1 saturated carbocycles. The molecule has 0 saturated heterocycles. The molecule has 1 aliphatic carbocycles. The minimum absolute atomic E-state index is 0.275. The second kappa shape index (κ2) is 6.55.